The van der Waals surface area contributed by atoms with Crippen LogP contribution < -0.4 is 9.80 Å². The topological polar surface area (TPSA) is 54.0 Å². The SMILES string of the molecule is CN(C)C[C@H]1[C@H]2CN(c3ncc(F)c(N4CCOCC4)n3)C[C@]23CC[C@H]1O3. The number of halogens is 1. The molecular formula is C19H28FN5O2. The lowest BCUT2D eigenvalue weighted by Crippen LogP contribution is -2.40. The van der Waals surface area contributed by atoms with Crippen molar-refractivity contribution >= 4 is 11.8 Å². The third-order valence-corrected chi connectivity index (χ3v) is 6.67. The number of hydrogen-bond donors (Lipinski definition) is 0. The monoisotopic (exact) mass is 377 g/mol. The first-order valence-corrected chi connectivity index (χ1v) is 9.98. The zero-order chi connectivity index (χ0) is 18.6. The van der Waals surface area contributed by atoms with E-state index in [0.717, 1.165) is 32.5 Å². The lowest BCUT2D eigenvalue weighted by atomic mass is 9.73. The molecule has 0 unspecified atom stereocenters. The Morgan fingerprint density at radius 2 is 2.11 bits per heavy atom. The van der Waals surface area contributed by atoms with Crippen LogP contribution in [-0.4, -0.2) is 86.6 Å². The van der Waals surface area contributed by atoms with E-state index in [2.05, 4.69) is 33.9 Å². The first kappa shape index (κ1) is 17.6. The molecule has 0 radical (unpaired) electrons. The van der Waals surface area contributed by atoms with Gasteiger partial charge >= 0.3 is 0 Å². The van der Waals surface area contributed by atoms with Gasteiger partial charge in [-0.3, -0.25) is 0 Å². The molecule has 8 heteroatoms. The third kappa shape index (κ3) is 2.89. The molecule has 5 rings (SSSR count). The van der Waals surface area contributed by atoms with Crippen LogP contribution >= 0.6 is 0 Å². The van der Waals surface area contributed by atoms with Crippen LogP contribution in [0.25, 0.3) is 0 Å². The molecule has 2 bridgehead atoms. The van der Waals surface area contributed by atoms with Gasteiger partial charge in [-0.1, -0.05) is 0 Å². The molecule has 7 nitrogen and oxygen atoms in total. The second-order valence-corrected chi connectivity index (χ2v) is 8.61. The minimum atomic E-state index is -0.360. The first-order chi connectivity index (χ1) is 13.1. The molecular weight excluding hydrogens is 349 g/mol. The summed E-state index contributed by atoms with van der Waals surface area (Å²) in [7, 11) is 4.26. The molecule has 4 aliphatic heterocycles. The highest BCUT2D eigenvalue weighted by Crippen LogP contribution is 2.55. The molecule has 4 fully saturated rings. The van der Waals surface area contributed by atoms with E-state index >= 15 is 0 Å². The molecule has 4 saturated heterocycles. The Morgan fingerprint density at radius 1 is 1.30 bits per heavy atom. The molecule has 0 aliphatic carbocycles. The number of anilines is 2. The Labute approximate surface area is 159 Å². The minimum absolute atomic E-state index is 0.0672. The zero-order valence-corrected chi connectivity index (χ0v) is 16.1. The summed E-state index contributed by atoms with van der Waals surface area (Å²) in [5.74, 6) is 1.71. The lowest BCUT2D eigenvalue weighted by Gasteiger charge is -2.30. The number of aromatic nitrogens is 2. The highest BCUT2D eigenvalue weighted by molar-refractivity contribution is 5.47. The maximum atomic E-state index is 14.4. The van der Waals surface area contributed by atoms with E-state index in [9.17, 15) is 4.39 Å². The molecule has 0 aromatic carbocycles. The molecule has 0 N–H and O–H groups in total. The van der Waals surface area contributed by atoms with Gasteiger partial charge in [0.25, 0.3) is 0 Å². The Kier molecular flexibility index (Phi) is 4.25. The molecule has 148 valence electrons. The summed E-state index contributed by atoms with van der Waals surface area (Å²) in [6, 6.07) is 0. The number of fused-ring (bicyclic) bond motifs is 1. The fraction of sp³-hybridized carbons (Fsp3) is 0.789. The van der Waals surface area contributed by atoms with Crippen LogP contribution in [0.4, 0.5) is 16.2 Å². The van der Waals surface area contributed by atoms with Gasteiger partial charge in [0.1, 0.15) is 0 Å². The van der Waals surface area contributed by atoms with Crippen LogP contribution in [0.5, 0.6) is 0 Å². The van der Waals surface area contributed by atoms with Crippen molar-refractivity contribution in [3.05, 3.63) is 12.0 Å². The van der Waals surface area contributed by atoms with Crippen molar-refractivity contribution in [3.63, 3.8) is 0 Å². The van der Waals surface area contributed by atoms with E-state index in [1.54, 1.807) is 0 Å². The summed E-state index contributed by atoms with van der Waals surface area (Å²) in [5, 5.41) is 0. The molecule has 0 saturated carbocycles. The standard InChI is InChI=1S/C19H28FN5O2/c1-23(2)10-13-14-11-25(12-19(14)4-3-16(13)27-19)18-21-9-15(20)17(22-18)24-5-7-26-8-6-24/h9,13-14,16H,3-8,10-12H2,1-2H3/t13-,14+,16+,19+/m0/s1. The van der Waals surface area contributed by atoms with Crippen LogP contribution in [-0.2, 0) is 9.47 Å². The van der Waals surface area contributed by atoms with Gasteiger partial charge in [0.05, 0.1) is 37.7 Å². The van der Waals surface area contributed by atoms with Crippen LogP contribution in [0.3, 0.4) is 0 Å². The Morgan fingerprint density at radius 3 is 2.89 bits per heavy atom. The quantitative estimate of drug-likeness (QED) is 0.776. The number of hydrogen-bond acceptors (Lipinski definition) is 7. The van der Waals surface area contributed by atoms with Gasteiger partial charge in [0.2, 0.25) is 5.95 Å². The van der Waals surface area contributed by atoms with E-state index in [-0.39, 0.29) is 11.4 Å². The van der Waals surface area contributed by atoms with Gasteiger partial charge in [-0.2, -0.15) is 4.98 Å². The molecule has 1 aromatic heterocycles. The van der Waals surface area contributed by atoms with Crippen molar-refractivity contribution in [1.82, 2.24) is 14.9 Å². The maximum absolute atomic E-state index is 14.4. The van der Waals surface area contributed by atoms with Crippen molar-refractivity contribution in [2.75, 3.05) is 69.8 Å². The van der Waals surface area contributed by atoms with E-state index in [1.807, 2.05) is 4.90 Å². The summed E-state index contributed by atoms with van der Waals surface area (Å²) in [6.45, 7) is 5.29. The summed E-state index contributed by atoms with van der Waals surface area (Å²) in [6.07, 6.45) is 3.96. The van der Waals surface area contributed by atoms with Gasteiger partial charge in [0, 0.05) is 38.0 Å². The molecule has 4 atom stereocenters. The number of nitrogens with zero attached hydrogens (tertiary/aromatic N) is 5. The minimum Gasteiger partial charge on any atom is -0.378 e. The first-order valence-electron chi connectivity index (χ1n) is 9.98. The summed E-state index contributed by atoms with van der Waals surface area (Å²) in [5.41, 5.74) is -0.0672. The van der Waals surface area contributed by atoms with E-state index < -0.39 is 0 Å². The molecule has 1 spiro atoms. The number of morpholine rings is 1. The molecule has 4 aliphatic rings. The average Bonchev–Trinajstić information content (AvgIpc) is 3.32. The van der Waals surface area contributed by atoms with Gasteiger partial charge in [-0.05, 0) is 26.9 Å². The average molecular weight is 377 g/mol. The molecule has 5 heterocycles. The van der Waals surface area contributed by atoms with Gasteiger partial charge in [-0.15, -0.1) is 0 Å². The van der Waals surface area contributed by atoms with Gasteiger partial charge < -0.3 is 24.2 Å². The summed E-state index contributed by atoms with van der Waals surface area (Å²) in [4.78, 5) is 15.4. The lowest BCUT2D eigenvalue weighted by molar-refractivity contribution is 0.0136. The fourth-order valence-corrected chi connectivity index (χ4v) is 5.51. The van der Waals surface area contributed by atoms with E-state index in [4.69, 9.17) is 9.47 Å². The van der Waals surface area contributed by atoms with Crippen molar-refractivity contribution in [2.45, 2.75) is 24.5 Å². The second-order valence-electron chi connectivity index (χ2n) is 8.61. The largest absolute Gasteiger partial charge is 0.378 e. The third-order valence-electron chi connectivity index (χ3n) is 6.67. The van der Waals surface area contributed by atoms with Crippen molar-refractivity contribution in [3.8, 4) is 0 Å². The highest BCUT2D eigenvalue weighted by atomic mass is 19.1. The maximum Gasteiger partial charge on any atom is 0.227 e. The molecule has 0 amide bonds. The van der Waals surface area contributed by atoms with Crippen LogP contribution in [0.2, 0.25) is 0 Å². The van der Waals surface area contributed by atoms with E-state index in [1.165, 1.54) is 6.20 Å². The number of rotatable bonds is 4. The fourth-order valence-electron chi connectivity index (χ4n) is 5.51. The van der Waals surface area contributed by atoms with Crippen molar-refractivity contribution in [2.24, 2.45) is 11.8 Å². The van der Waals surface area contributed by atoms with Crippen LogP contribution in [0.15, 0.2) is 6.20 Å². The summed E-state index contributed by atoms with van der Waals surface area (Å²) < 4.78 is 26.2. The molecule has 1 aromatic rings. The zero-order valence-electron chi connectivity index (χ0n) is 16.1. The predicted octanol–water partition coefficient (Wildman–Crippen LogP) is 0.998. The van der Waals surface area contributed by atoms with E-state index in [0.29, 0.717) is 56.0 Å². The molecule has 27 heavy (non-hydrogen) atoms. The Bertz CT molecular complexity index is 713. The van der Waals surface area contributed by atoms with Crippen LogP contribution in [0, 0.1) is 17.7 Å². The van der Waals surface area contributed by atoms with Crippen LogP contribution in [0.1, 0.15) is 12.8 Å². The number of ether oxygens (including phenoxy) is 2. The van der Waals surface area contributed by atoms with Crippen molar-refractivity contribution < 1.29 is 13.9 Å². The van der Waals surface area contributed by atoms with Crippen molar-refractivity contribution in [1.29, 1.82) is 0 Å². The predicted molar refractivity (Wildman–Crippen MR) is 99.6 cm³/mol. The smallest absolute Gasteiger partial charge is 0.227 e. The second kappa shape index (κ2) is 6.53. The van der Waals surface area contributed by atoms with Gasteiger partial charge in [-0.25, -0.2) is 9.37 Å². The highest BCUT2D eigenvalue weighted by Gasteiger charge is 2.63. The normalized spacial score (nSPS) is 35.3. The summed E-state index contributed by atoms with van der Waals surface area (Å²) >= 11 is 0. The Balaban J connectivity index is 1.39. The Hall–Kier alpha value is -1.51. The van der Waals surface area contributed by atoms with Gasteiger partial charge in [0.15, 0.2) is 11.6 Å².